The van der Waals surface area contributed by atoms with Gasteiger partial charge in [0, 0.05) is 40.5 Å². The Hall–Kier alpha value is -2.06. The molecule has 0 N–H and O–H groups in total. The molecule has 8 nitrogen and oxygen atoms in total. The van der Waals surface area contributed by atoms with Gasteiger partial charge in [-0.1, -0.05) is 5.16 Å². The summed E-state index contributed by atoms with van der Waals surface area (Å²) in [6, 6.07) is 1.99. The second kappa shape index (κ2) is 6.59. The summed E-state index contributed by atoms with van der Waals surface area (Å²) in [6.45, 7) is 3.33. The topological polar surface area (TPSA) is 80.4 Å². The van der Waals surface area contributed by atoms with E-state index in [-0.39, 0.29) is 12.1 Å². The normalized spacial score (nSPS) is 21.7. The first-order chi connectivity index (χ1) is 11.1. The molecule has 0 aromatic carbocycles. The minimum atomic E-state index is 0.0546. The van der Waals surface area contributed by atoms with E-state index in [0.29, 0.717) is 24.2 Å². The van der Waals surface area contributed by atoms with Crippen molar-refractivity contribution in [3.63, 3.8) is 0 Å². The van der Waals surface area contributed by atoms with Crippen molar-refractivity contribution < 1.29 is 9.26 Å². The lowest BCUT2D eigenvalue weighted by atomic mass is 10.2. The van der Waals surface area contributed by atoms with E-state index >= 15 is 0 Å². The molecular weight excluding hydrogens is 296 g/mol. The first-order valence-electron chi connectivity index (χ1n) is 7.63. The maximum atomic E-state index is 5.53. The molecule has 3 heterocycles. The van der Waals surface area contributed by atoms with Gasteiger partial charge in [-0.25, -0.2) is 9.97 Å². The first-order valence-corrected chi connectivity index (χ1v) is 7.63. The minimum absolute atomic E-state index is 0.0546. The van der Waals surface area contributed by atoms with Crippen molar-refractivity contribution in [3.05, 3.63) is 29.7 Å². The van der Waals surface area contributed by atoms with Crippen LogP contribution < -0.4 is 4.90 Å². The third kappa shape index (κ3) is 3.48. The molecule has 23 heavy (non-hydrogen) atoms. The van der Waals surface area contributed by atoms with Gasteiger partial charge in [-0.05, 0) is 19.4 Å². The van der Waals surface area contributed by atoms with Crippen molar-refractivity contribution in [1.82, 2.24) is 25.0 Å². The Bertz CT molecular complexity index is 659. The highest BCUT2D eigenvalue weighted by Crippen LogP contribution is 2.33. The Morgan fingerprint density at radius 2 is 2.22 bits per heavy atom. The molecule has 1 aliphatic heterocycles. The van der Waals surface area contributed by atoms with Crippen LogP contribution in [0.25, 0.3) is 0 Å². The van der Waals surface area contributed by atoms with E-state index in [0.717, 1.165) is 18.7 Å². The summed E-state index contributed by atoms with van der Waals surface area (Å²) in [7, 11) is 5.60. The Kier molecular flexibility index (Phi) is 4.53. The number of aromatic nitrogens is 4. The van der Waals surface area contributed by atoms with Gasteiger partial charge in [-0.15, -0.1) is 0 Å². The molecule has 0 unspecified atom stereocenters. The average Bonchev–Trinajstić information content (AvgIpc) is 3.13. The zero-order chi connectivity index (χ0) is 16.4. The average molecular weight is 318 g/mol. The summed E-state index contributed by atoms with van der Waals surface area (Å²) in [4.78, 5) is 17.4. The quantitative estimate of drug-likeness (QED) is 0.813. The van der Waals surface area contributed by atoms with Gasteiger partial charge < -0.3 is 14.2 Å². The highest BCUT2D eigenvalue weighted by atomic mass is 16.5. The van der Waals surface area contributed by atoms with Crippen molar-refractivity contribution >= 4 is 5.95 Å². The monoisotopic (exact) mass is 318 g/mol. The molecule has 0 bridgehead atoms. The number of hydrogen-bond donors (Lipinski definition) is 0. The van der Waals surface area contributed by atoms with Crippen LogP contribution in [0.1, 0.15) is 29.9 Å². The van der Waals surface area contributed by atoms with Crippen molar-refractivity contribution in [2.45, 2.75) is 32.0 Å². The Morgan fingerprint density at radius 3 is 2.87 bits per heavy atom. The lowest BCUT2D eigenvalue weighted by Gasteiger charge is -2.21. The number of likely N-dealkylation sites (tertiary alicyclic amines) is 1. The summed E-state index contributed by atoms with van der Waals surface area (Å²) in [5, 5.41) is 3.90. The van der Waals surface area contributed by atoms with Crippen LogP contribution in [-0.2, 0) is 11.3 Å². The molecule has 1 saturated heterocycles. The van der Waals surface area contributed by atoms with Gasteiger partial charge in [-0.2, -0.15) is 4.98 Å². The molecule has 0 saturated carbocycles. The standard InChI is InChI=1S/C15H22N6O2/c1-10-17-14(23-19-10)13-7-12(22-4)9-21(13)8-11-5-6-16-15(18-11)20(2)3/h5-6,12-13H,7-9H2,1-4H3/t12-,13-/m1/s1. The molecule has 0 radical (unpaired) electrons. The van der Waals surface area contributed by atoms with Crippen LogP contribution in [0.3, 0.4) is 0 Å². The molecule has 2 aromatic heterocycles. The number of nitrogens with zero attached hydrogens (tertiary/aromatic N) is 6. The Morgan fingerprint density at radius 1 is 1.39 bits per heavy atom. The SMILES string of the molecule is CO[C@@H]1C[C@H](c2nc(C)no2)N(Cc2ccnc(N(C)C)n2)C1. The van der Waals surface area contributed by atoms with Gasteiger partial charge >= 0.3 is 0 Å². The van der Waals surface area contributed by atoms with Crippen LogP contribution in [0.4, 0.5) is 5.95 Å². The smallest absolute Gasteiger partial charge is 0.244 e. The number of hydrogen-bond acceptors (Lipinski definition) is 8. The largest absolute Gasteiger partial charge is 0.380 e. The third-order valence-electron chi connectivity index (χ3n) is 3.99. The summed E-state index contributed by atoms with van der Waals surface area (Å²) >= 11 is 0. The molecule has 0 aliphatic carbocycles. The van der Waals surface area contributed by atoms with Crippen LogP contribution in [0.5, 0.6) is 0 Å². The molecule has 0 spiro atoms. The van der Waals surface area contributed by atoms with E-state index in [1.807, 2.05) is 32.0 Å². The molecule has 2 aromatic rings. The fourth-order valence-electron chi connectivity index (χ4n) is 2.81. The van der Waals surface area contributed by atoms with E-state index in [9.17, 15) is 0 Å². The number of aryl methyl sites for hydroxylation is 1. The van der Waals surface area contributed by atoms with E-state index in [4.69, 9.17) is 9.26 Å². The molecule has 124 valence electrons. The van der Waals surface area contributed by atoms with Crippen LogP contribution in [-0.4, -0.2) is 58.9 Å². The zero-order valence-electron chi connectivity index (χ0n) is 13.9. The third-order valence-corrected chi connectivity index (χ3v) is 3.99. The van der Waals surface area contributed by atoms with E-state index < -0.39 is 0 Å². The van der Waals surface area contributed by atoms with Crippen LogP contribution in [0.15, 0.2) is 16.8 Å². The fraction of sp³-hybridized carbons (Fsp3) is 0.600. The molecular formula is C15H22N6O2. The Balaban J connectivity index is 1.80. The maximum absolute atomic E-state index is 5.53. The molecule has 1 fully saturated rings. The second-order valence-electron chi connectivity index (χ2n) is 5.96. The summed E-state index contributed by atoms with van der Waals surface area (Å²) < 4.78 is 10.9. The van der Waals surface area contributed by atoms with E-state index in [1.54, 1.807) is 13.3 Å². The number of ether oxygens (including phenoxy) is 1. The van der Waals surface area contributed by atoms with Crippen molar-refractivity contribution in [3.8, 4) is 0 Å². The molecule has 8 heteroatoms. The highest BCUT2D eigenvalue weighted by molar-refractivity contribution is 5.27. The van der Waals surface area contributed by atoms with Gasteiger partial charge in [0.2, 0.25) is 11.8 Å². The Labute approximate surface area is 135 Å². The highest BCUT2D eigenvalue weighted by Gasteiger charge is 2.36. The van der Waals surface area contributed by atoms with Gasteiger partial charge in [0.1, 0.15) is 0 Å². The van der Waals surface area contributed by atoms with Gasteiger partial charge in [0.15, 0.2) is 5.82 Å². The fourth-order valence-corrected chi connectivity index (χ4v) is 2.81. The number of methoxy groups -OCH3 is 1. The molecule has 0 amide bonds. The molecule has 1 aliphatic rings. The van der Waals surface area contributed by atoms with E-state index in [1.165, 1.54) is 0 Å². The zero-order valence-corrected chi connectivity index (χ0v) is 13.9. The van der Waals surface area contributed by atoms with Gasteiger partial charge in [-0.3, -0.25) is 4.90 Å². The summed E-state index contributed by atoms with van der Waals surface area (Å²) in [5.74, 6) is 2.00. The van der Waals surface area contributed by atoms with Gasteiger partial charge in [0.25, 0.3) is 0 Å². The lowest BCUT2D eigenvalue weighted by Crippen LogP contribution is -2.26. The predicted octanol–water partition coefficient (Wildman–Crippen LogP) is 1.20. The number of anilines is 1. The molecule has 3 rings (SSSR count). The predicted molar refractivity (Wildman–Crippen MR) is 84.0 cm³/mol. The second-order valence-corrected chi connectivity index (χ2v) is 5.96. The van der Waals surface area contributed by atoms with Crippen LogP contribution in [0.2, 0.25) is 0 Å². The minimum Gasteiger partial charge on any atom is -0.380 e. The first kappa shape index (κ1) is 15.8. The van der Waals surface area contributed by atoms with E-state index in [2.05, 4.69) is 25.0 Å². The van der Waals surface area contributed by atoms with Crippen LogP contribution >= 0.6 is 0 Å². The van der Waals surface area contributed by atoms with Crippen molar-refractivity contribution in [1.29, 1.82) is 0 Å². The summed E-state index contributed by atoms with van der Waals surface area (Å²) in [6.07, 6.45) is 2.78. The number of rotatable bonds is 5. The maximum Gasteiger partial charge on any atom is 0.244 e. The van der Waals surface area contributed by atoms with Crippen LogP contribution in [0, 0.1) is 6.92 Å². The summed E-state index contributed by atoms with van der Waals surface area (Å²) in [5.41, 5.74) is 0.960. The molecule has 2 atom stereocenters. The van der Waals surface area contributed by atoms with Gasteiger partial charge in [0.05, 0.1) is 17.8 Å². The lowest BCUT2D eigenvalue weighted by molar-refractivity contribution is 0.107. The van der Waals surface area contributed by atoms with Crippen molar-refractivity contribution in [2.75, 3.05) is 32.6 Å². The van der Waals surface area contributed by atoms with Crippen molar-refractivity contribution in [2.24, 2.45) is 0 Å².